The first kappa shape index (κ1) is 44.3. The van der Waals surface area contributed by atoms with Gasteiger partial charge in [0.25, 0.3) is 0 Å². The predicted octanol–water partition coefficient (Wildman–Crippen LogP) is 6.64. The van der Waals surface area contributed by atoms with E-state index in [1.54, 1.807) is 13.3 Å². The third kappa shape index (κ3) is 9.65. The molecule has 16 nitrogen and oxygen atoms in total. The summed E-state index contributed by atoms with van der Waals surface area (Å²) in [5.41, 5.74) is 5.70. The number of benzene rings is 2. The van der Waals surface area contributed by atoms with Crippen molar-refractivity contribution in [3.05, 3.63) is 72.6 Å². The molecular formula is C46H60N8O8. The molecule has 62 heavy (non-hydrogen) atoms. The number of hydrogen-bond acceptors (Lipinski definition) is 10. The Morgan fingerprint density at radius 2 is 1.32 bits per heavy atom. The molecule has 2 aromatic carbocycles. The van der Waals surface area contributed by atoms with Crippen LogP contribution in [0.5, 0.6) is 0 Å². The van der Waals surface area contributed by atoms with Gasteiger partial charge in [0, 0.05) is 38.8 Å². The van der Waals surface area contributed by atoms with Gasteiger partial charge in [-0.3, -0.25) is 9.59 Å². The zero-order valence-electron chi connectivity index (χ0n) is 36.5. The van der Waals surface area contributed by atoms with Crippen molar-refractivity contribution in [3.8, 4) is 33.6 Å². The maximum absolute atomic E-state index is 14.3. The van der Waals surface area contributed by atoms with Crippen LogP contribution in [-0.4, -0.2) is 120 Å². The van der Waals surface area contributed by atoms with Crippen molar-refractivity contribution in [1.29, 1.82) is 0 Å². The number of H-pyrrole nitrogens is 2. The Kier molecular flexibility index (Phi) is 14.3. The Balaban J connectivity index is 1.03. The summed E-state index contributed by atoms with van der Waals surface area (Å²) in [5.74, 6) is 1.09. The van der Waals surface area contributed by atoms with Crippen LogP contribution >= 0.6 is 0 Å². The molecule has 0 spiro atoms. The van der Waals surface area contributed by atoms with Crippen molar-refractivity contribution in [3.63, 3.8) is 0 Å². The molecule has 0 saturated carbocycles. The van der Waals surface area contributed by atoms with Gasteiger partial charge in [-0.25, -0.2) is 19.6 Å². The lowest BCUT2D eigenvalue weighted by atomic mass is 9.90. The summed E-state index contributed by atoms with van der Waals surface area (Å²) in [6.45, 7) is 8.06. The number of imidazole rings is 2. The first-order chi connectivity index (χ1) is 30.0. The van der Waals surface area contributed by atoms with E-state index in [1.807, 2.05) is 36.8 Å². The van der Waals surface area contributed by atoms with E-state index in [9.17, 15) is 19.2 Å². The second-order valence-corrected chi connectivity index (χ2v) is 16.8. The molecule has 4 amide bonds. The normalized spacial score (nSPS) is 21.9. The fourth-order valence-electron chi connectivity index (χ4n) is 9.22. The summed E-state index contributed by atoms with van der Waals surface area (Å²) in [5, 5.41) is 5.59. The van der Waals surface area contributed by atoms with Crippen molar-refractivity contribution in [2.75, 3.05) is 47.7 Å². The summed E-state index contributed by atoms with van der Waals surface area (Å²) in [7, 11) is 4.27. The molecule has 3 aliphatic rings. The molecule has 7 rings (SSSR count). The van der Waals surface area contributed by atoms with Gasteiger partial charge in [0.2, 0.25) is 11.8 Å². The number of nitrogens with zero attached hydrogens (tertiary/aromatic N) is 4. The zero-order chi connectivity index (χ0) is 43.9. The molecule has 3 saturated heterocycles. The number of hydrogen-bond donors (Lipinski definition) is 4. The van der Waals surface area contributed by atoms with Gasteiger partial charge in [0.1, 0.15) is 23.7 Å². The highest BCUT2D eigenvalue weighted by Crippen LogP contribution is 2.39. The van der Waals surface area contributed by atoms with Crippen molar-refractivity contribution in [2.24, 2.45) is 17.8 Å². The molecule has 16 heteroatoms. The molecule has 4 aromatic rings. The van der Waals surface area contributed by atoms with Crippen LogP contribution < -0.4 is 10.6 Å². The highest BCUT2D eigenvalue weighted by Gasteiger charge is 2.44. The number of aromatic nitrogens is 4. The molecule has 0 unspecified atom stereocenters. The largest absolute Gasteiger partial charge is 0.453 e. The van der Waals surface area contributed by atoms with Gasteiger partial charge in [-0.1, -0.05) is 68.8 Å². The van der Waals surface area contributed by atoms with E-state index in [0.29, 0.717) is 51.5 Å². The molecule has 3 aliphatic heterocycles. The molecule has 3 fully saturated rings. The molecule has 5 heterocycles. The van der Waals surface area contributed by atoms with Crippen LogP contribution in [0.3, 0.4) is 0 Å². The molecule has 0 radical (unpaired) electrons. The number of ether oxygens (including phenoxy) is 4. The minimum atomic E-state index is -0.737. The zero-order valence-corrected chi connectivity index (χ0v) is 36.5. The van der Waals surface area contributed by atoms with Gasteiger partial charge in [-0.05, 0) is 73.1 Å². The van der Waals surface area contributed by atoms with Gasteiger partial charge in [-0.2, -0.15) is 0 Å². The molecule has 4 N–H and O–H groups in total. The predicted molar refractivity (Wildman–Crippen MR) is 231 cm³/mol. The van der Waals surface area contributed by atoms with Gasteiger partial charge in [0.05, 0.1) is 56.7 Å². The third-order valence-corrected chi connectivity index (χ3v) is 12.9. The molecule has 332 valence electrons. The molecule has 0 bridgehead atoms. The number of amides is 4. The fourth-order valence-corrected chi connectivity index (χ4v) is 9.22. The van der Waals surface area contributed by atoms with E-state index >= 15 is 0 Å². The van der Waals surface area contributed by atoms with Crippen LogP contribution in [0.4, 0.5) is 9.59 Å². The number of alkyl carbamates (subject to hydrolysis) is 2. The SMILES string of the molecule is CC[C@H](C)[C@H](NC(=O)OC)C(=O)N1[C@@H](C)CC[C@H]1c1ncc(-c2ccc(-c3ccc(-c4cnc([C@@H]5C[C@H](COC)CN5C(=O)[C@@H](NC(=O)OC)C5CCOCC5)[nH]4)cc3)cc2)[nH]1. The van der Waals surface area contributed by atoms with Gasteiger partial charge >= 0.3 is 12.2 Å². The Bertz CT molecular complexity index is 2150. The van der Waals surface area contributed by atoms with Crippen molar-refractivity contribution in [2.45, 2.75) is 89.5 Å². The summed E-state index contributed by atoms with van der Waals surface area (Å²) >= 11 is 0. The molecule has 7 atom stereocenters. The van der Waals surface area contributed by atoms with E-state index in [2.05, 4.69) is 69.1 Å². The average Bonchev–Trinajstić information content (AvgIpc) is 4.14. The highest BCUT2D eigenvalue weighted by atomic mass is 16.5. The number of methoxy groups -OCH3 is 3. The summed E-state index contributed by atoms with van der Waals surface area (Å²) < 4.78 is 20.8. The molecule has 0 aliphatic carbocycles. The topological polar surface area (TPSA) is 193 Å². The van der Waals surface area contributed by atoms with Crippen LogP contribution in [0.2, 0.25) is 0 Å². The number of rotatable bonds is 14. The van der Waals surface area contributed by atoms with E-state index in [1.165, 1.54) is 14.2 Å². The number of carbonyl (C=O) groups excluding carboxylic acids is 4. The smallest absolute Gasteiger partial charge is 0.407 e. The fraction of sp³-hybridized carbons (Fsp3) is 0.522. The van der Waals surface area contributed by atoms with Crippen LogP contribution in [0.25, 0.3) is 33.6 Å². The summed E-state index contributed by atoms with van der Waals surface area (Å²) in [6, 6.07) is 14.5. The summed E-state index contributed by atoms with van der Waals surface area (Å²) in [4.78, 5) is 73.0. The van der Waals surface area contributed by atoms with Crippen LogP contribution in [0.1, 0.15) is 83.0 Å². The van der Waals surface area contributed by atoms with Gasteiger partial charge in [0.15, 0.2) is 0 Å². The number of aromatic amines is 2. The van der Waals surface area contributed by atoms with Crippen LogP contribution in [0.15, 0.2) is 60.9 Å². The van der Waals surface area contributed by atoms with E-state index in [4.69, 9.17) is 28.9 Å². The Morgan fingerprint density at radius 3 is 1.87 bits per heavy atom. The highest BCUT2D eigenvalue weighted by molar-refractivity contribution is 5.87. The van der Waals surface area contributed by atoms with Crippen molar-refractivity contribution >= 4 is 24.0 Å². The van der Waals surface area contributed by atoms with E-state index in [0.717, 1.165) is 58.7 Å². The van der Waals surface area contributed by atoms with Gasteiger partial charge in [-0.15, -0.1) is 0 Å². The standard InChI is InChI=1S/C46H60N8O8/c1-7-27(2)39(51-45(57)60-5)44(56)54-28(3)8-17-37(54)41-47-23-35(49-41)32-13-9-30(10-14-32)31-11-15-33(16-12-31)36-24-48-42(50-36)38-22-29(26-59-4)25-53(38)43(55)40(52-46(58)61-6)34-18-20-62-21-19-34/h9-16,23-24,27-29,34,37-40H,7-8,17-22,25-26H2,1-6H3,(H,47,49)(H,48,50)(H,51,57)(H,52,58)/t27-,28-,29-,37-,38-,39-,40-/m0/s1. The monoisotopic (exact) mass is 852 g/mol. The quantitative estimate of drug-likeness (QED) is 0.107. The minimum Gasteiger partial charge on any atom is -0.453 e. The van der Waals surface area contributed by atoms with E-state index in [-0.39, 0.29) is 47.7 Å². The molecular weight excluding hydrogens is 793 g/mol. The number of carbonyl (C=O) groups is 4. The third-order valence-electron chi connectivity index (χ3n) is 12.9. The van der Waals surface area contributed by atoms with Crippen LogP contribution in [-0.2, 0) is 28.5 Å². The minimum absolute atomic E-state index is 0.00580. The second kappa shape index (κ2) is 20.0. The number of likely N-dealkylation sites (tertiary alicyclic amines) is 2. The Hall–Kier alpha value is -5.74. The maximum Gasteiger partial charge on any atom is 0.407 e. The number of nitrogens with one attached hydrogen (secondary N) is 4. The van der Waals surface area contributed by atoms with Crippen molar-refractivity contribution < 1.29 is 38.1 Å². The lowest BCUT2D eigenvalue weighted by Gasteiger charge is -2.34. The average molecular weight is 853 g/mol. The van der Waals surface area contributed by atoms with Gasteiger partial charge < -0.3 is 49.3 Å². The first-order valence-corrected chi connectivity index (χ1v) is 21.7. The molecule has 2 aromatic heterocycles. The lowest BCUT2D eigenvalue weighted by Crippen LogP contribution is -2.53. The maximum atomic E-state index is 14.3. The second-order valence-electron chi connectivity index (χ2n) is 16.8. The Morgan fingerprint density at radius 1 is 0.774 bits per heavy atom. The van der Waals surface area contributed by atoms with Crippen molar-refractivity contribution in [1.82, 2.24) is 40.4 Å². The van der Waals surface area contributed by atoms with Crippen LogP contribution in [0, 0.1) is 17.8 Å². The van der Waals surface area contributed by atoms with E-state index < -0.39 is 24.3 Å². The lowest BCUT2D eigenvalue weighted by molar-refractivity contribution is -0.138. The summed E-state index contributed by atoms with van der Waals surface area (Å²) in [6.07, 6.45) is 6.69. The first-order valence-electron chi connectivity index (χ1n) is 21.7. The Labute approximate surface area is 362 Å².